The molecule has 2 aliphatic rings. The highest BCUT2D eigenvalue weighted by molar-refractivity contribution is 5.87. The Bertz CT molecular complexity index is 1420. The Kier molecular flexibility index (Phi) is 16.0. The van der Waals surface area contributed by atoms with Crippen molar-refractivity contribution in [1.82, 2.24) is 0 Å². The van der Waals surface area contributed by atoms with Crippen LogP contribution in [0.4, 0.5) is 0 Å². The Morgan fingerprint density at radius 2 is 1.21 bits per heavy atom. The number of ether oxygens (including phenoxy) is 3. The van der Waals surface area contributed by atoms with E-state index in [4.69, 9.17) is 14.2 Å². The standard InChI is InChI=1S/C45H64O7/c1-31(2)43(48)51-24-7-9-39-27-41(28-40(10-8-25-52-44(49)32(3)4)42(39)50-26-23-45(6,29-46)30-47)38-21-19-37(20-22-38)36-17-15-35(16-18-36)34-13-11-33(5)12-14-34/h19-22,27-28,33-36,46-47H,1,3,7-18,23-26,29-30H2,2,4-6H3. The molecule has 2 N–H and O–H groups in total. The lowest BCUT2D eigenvalue weighted by molar-refractivity contribution is -0.139. The van der Waals surface area contributed by atoms with E-state index in [2.05, 4.69) is 56.5 Å². The van der Waals surface area contributed by atoms with Crippen molar-refractivity contribution in [2.45, 2.75) is 117 Å². The van der Waals surface area contributed by atoms with E-state index in [-0.39, 0.29) is 26.4 Å². The molecule has 0 heterocycles. The van der Waals surface area contributed by atoms with Crippen molar-refractivity contribution < 1.29 is 34.0 Å². The maximum absolute atomic E-state index is 12.1. The quantitative estimate of drug-likeness (QED) is 0.0849. The molecule has 0 atom stereocenters. The molecule has 7 nitrogen and oxygen atoms in total. The smallest absolute Gasteiger partial charge is 0.333 e. The van der Waals surface area contributed by atoms with Crippen molar-refractivity contribution in [3.05, 3.63) is 77.4 Å². The maximum atomic E-state index is 12.1. The molecule has 0 aromatic heterocycles. The Labute approximate surface area is 312 Å². The van der Waals surface area contributed by atoms with Gasteiger partial charge in [-0.3, -0.25) is 0 Å². The van der Waals surface area contributed by atoms with Gasteiger partial charge in [0.2, 0.25) is 0 Å². The summed E-state index contributed by atoms with van der Waals surface area (Å²) in [6.45, 7) is 15.4. The van der Waals surface area contributed by atoms with Crippen LogP contribution in [0.2, 0.25) is 0 Å². The summed E-state index contributed by atoms with van der Waals surface area (Å²) in [7, 11) is 0. The summed E-state index contributed by atoms with van der Waals surface area (Å²) in [5.74, 6) is 3.29. The molecule has 2 saturated carbocycles. The van der Waals surface area contributed by atoms with E-state index in [0.717, 1.165) is 45.8 Å². The minimum absolute atomic E-state index is 0.148. The number of hydrogen-bond donors (Lipinski definition) is 2. The van der Waals surface area contributed by atoms with Crippen LogP contribution in [-0.2, 0) is 31.9 Å². The van der Waals surface area contributed by atoms with Gasteiger partial charge in [-0.25, -0.2) is 9.59 Å². The normalized spacial score (nSPS) is 20.6. The average Bonchev–Trinajstić information content (AvgIpc) is 3.15. The number of carbonyl (C=O) groups excluding carboxylic acids is 2. The van der Waals surface area contributed by atoms with Gasteiger partial charge in [-0.05, 0) is 148 Å². The van der Waals surface area contributed by atoms with E-state index in [1.807, 2.05) is 6.92 Å². The van der Waals surface area contributed by atoms with Crippen molar-refractivity contribution in [2.24, 2.45) is 23.2 Å². The third-order valence-corrected chi connectivity index (χ3v) is 11.5. The highest BCUT2D eigenvalue weighted by Gasteiger charge is 2.30. The first-order valence-electron chi connectivity index (χ1n) is 19.7. The van der Waals surface area contributed by atoms with E-state index in [0.29, 0.717) is 55.8 Å². The van der Waals surface area contributed by atoms with Crippen LogP contribution in [0.25, 0.3) is 11.1 Å². The SMILES string of the molecule is C=C(C)C(=O)OCCCc1cc(-c2ccc(C3CCC(C4CCC(C)CC4)CC3)cc2)cc(CCCOC(=O)C(=C)C)c1OCCC(C)(CO)CO. The molecule has 52 heavy (non-hydrogen) atoms. The van der Waals surface area contributed by atoms with E-state index in [1.165, 1.54) is 56.9 Å². The van der Waals surface area contributed by atoms with Crippen LogP contribution in [0, 0.1) is 23.2 Å². The van der Waals surface area contributed by atoms with E-state index in [1.54, 1.807) is 13.8 Å². The van der Waals surface area contributed by atoms with Crippen molar-refractivity contribution in [2.75, 3.05) is 33.0 Å². The molecule has 2 aromatic rings. The van der Waals surface area contributed by atoms with Crippen LogP contribution in [0.5, 0.6) is 5.75 Å². The van der Waals surface area contributed by atoms with Gasteiger partial charge in [0.05, 0.1) is 33.0 Å². The van der Waals surface area contributed by atoms with Crippen LogP contribution in [0.3, 0.4) is 0 Å². The summed E-state index contributed by atoms with van der Waals surface area (Å²) >= 11 is 0. The summed E-state index contributed by atoms with van der Waals surface area (Å²) in [6, 6.07) is 13.4. The van der Waals surface area contributed by atoms with Gasteiger partial charge in [-0.1, -0.05) is 64.1 Å². The third kappa shape index (κ3) is 12.1. The molecule has 2 aliphatic carbocycles. The first-order chi connectivity index (χ1) is 24.9. The molecule has 4 rings (SSSR count). The lowest BCUT2D eigenvalue weighted by Gasteiger charge is -2.37. The van der Waals surface area contributed by atoms with Crippen molar-refractivity contribution in [3.8, 4) is 16.9 Å². The molecular weight excluding hydrogens is 652 g/mol. The van der Waals surface area contributed by atoms with Gasteiger partial charge in [0.25, 0.3) is 0 Å². The largest absolute Gasteiger partial charge is 0.493 e. The highest BCUT2D eigenvalue weighted by Crippen LogP contribution is 2.44. The van der Waals surface area contributed by atoms with E-state index >= 15 is 0 Å². The van der Waals surface area contributed by atoms with Crippen LogP contribution in [0.15, 0.2) is 60.7 Å². The lowest BCUT2D eigenvalue weighted by Crippen LogP contribution is -2.28. The molecular formula is C45H64O7. The second-order valence-electron chi connectivity index (χ2n) is 16.1. The number of rotatable bonds is 19. The summed E-state index contributed by atoms with van der Waals surface area (Å²) in [6.07, 6.45) is 13.8. The van der Waals surface area contributed by atoms with Crippen molar-refractivity contribution in [3.63, 3.8) is 0 Å². The Balaban J connectivity index is 1.55. The molecule has 0 unspecified atom stereocenters. The fourth-order valence-corrected chi connectivity index (χ4v) is 7.82. The summed E-state index contributed by atoms with van der Waals surface area (Å²) in [4.78, 5) is 24.1. The molecule has 0 aliphatic heterocycles. The summed E-state index contributed by atoms with van der Waals surface area (Å²) in [5, 5.41) is 19.7. The Hall–Kier alpha value is -3.42. The van der Waals surface area contributed by atoms with E-state index < -0.39 is 17.4 Å². The van der Waals surface area contributed by atoms with Gasteiger partial charge >= 0.3 is 11.9 Å². The maximum Gasteiger partial charge on any atom is 0.333 e. The number of aliphatic hydroxyl groups is 2. The molecule has 0 spiro atoms. The predicted molar refractivity (Wildman–Crippen MR) is 208 cm³/mol. The zero-order valence-electron chi connectivity index (χ0n) is 32.4. The zero-order valence-corrected chi connectivity index (χ0v) is 32.4. The first-order valence-corrected chi connectivity index (χ1v) is 19.7. The molecule has 286 valence electrons. The number of hydrogen-bond acceptors (Lipinski definition) is 7. The number of benzene rings is 2. The fraction of sp³-hybridized carbons (Fsp3) is 0.600. The second kappa shape index (κ2) is 20.1. The molecule has 0 radical (unpaired) electrons. The molecule has 0 amide bonds. The van der Waals surface area contributed by atoms with Crippen molar-refractivity contribution in [1.29, 1.82) is 0 Å². The average molecular weight is 717 g/mol. The van der Waals surface area contributed by atoms with Gasteiger partial charge in [0, 0.05) is 16.6 Å². The minimum atomic E-state index is -0.663. The number of esters is 2. The summed E-state index contributed by atoms with van der Waals surface area (Å²) < 4.78 is 17.3. The summed E-state index contributed by atoms with van der Waals surface area (Å²) in [5.41, 5.74) is 5.68. The number of aryl methyl sites for hydroxylation is 2. The van der Waals surface area contributed by atoms with Crippen molar-refractivity contribution >= 4 is 11.9 Å². The van der Waals surface area contributed by atoms with Gasteiger partial charge in [0.15, 0.2) is 0 Å². The van der Waals surface area contributed by atoms with Gasteiger partial charge in [-0.2, -0.15) is 0 Å². The molecule has 0 saturated heterocycles. The van der Waals surface area contributed by atoms with Crippen LogP contribution >= 0.6 is 0 Å². The fourth-order valence-electron chi connectivity index (χ4n) is 7.82. The van der Waals surface area contributed by atoms with Crippen LogP contribution in [-0.4, -0.2) is 55.2 Å². The molecule has 7 heteroatoms. The second-order valence-corrected chi connectivity index (χ2v) is 16.1. The monoisotopic (exact) mass is 716 g/mol. The topological polar surface area (TPSA) is 102 Å². The van der Waals surface area contributed by atoms with Gasteiger partial charge in [-0.15, -0.1) is 0 Å². The predicted octanol–water partition coefficient (Wildman–Crippen LogP) is 9.32. The first kappa shape index (κ1) is 41.3. The molecule has 0 bridgehead atoms. The van der Waals surface area contributed by atoms with Crippen LogP contribution < -0.4 is 4.74 Å². The molecule has 2 aromatic carbocycles. The van der Waals surface area contributed by atoms with Crippen LogP contribution in [0.1, 0.15) is 121 Å². The lowest BCUT2D eigenvalue weighted by atomic mass is 9.68. The van der Waals surface area contributed by atoms with Gasteiger partial charge in [0.1, 0.15) is 5.75 Å². The minimum Gasteiger partial charge on any atom is -0.493 e. The van der Waals surface area contributed by atoms with Gasteiger partial charge < -0.3 is 24.4 Å². The Morgan fingerprint density at radius 3 is 1.67 bits per heavy atom. The number of aliphatic hydroxyl groups excluding tert-OH is 2. The van der Waals surface area contributed by atoms with E-state index in [9.17, 15) is 19.8 Å². The highest BCUT2D eigenvalue weighted by atomic mass is 16.5. The Morgan fingerprint density at radius 1 is 0.731 bits per heavy atom. The third-order valence-electron chi connectivity index (χ3n) is 11.5. The molecule has 2 fully saturated rings. The number of carbonyl (C=O) groups is 2. The zero-order chi connectivity index (χ0) is 37.7.